The summed E-state index contributed by atoms with van der Waals surface area (Å²) in [6.45, 7) is 7.24. The van der Waals surface area contributed by atoms with Crippen molar-refractivity contribution >= 4 is 48.8 Å². The Morgan fingerprint density at radius 3 is 2.60 bits per heavy atom. The van der Waals surface area contributed by atoms with Crippen LogP contribution in [0.25, 0.3) is 31.9 Å². The summed E-state index contributed by atoms with van der Waals surface area (Å²) in [6, 6.07) is 2.86. The molecular formula is C26H20F5N3O5S3. The first kappa shape index (κ1) is 29.8. The number of aromatic nitrogens is 2. The largest absolute Gasteiger partial charge is 0.534 e. The van der Waals surface area contributed by atoms with E-state index in [1.165, 1.54) is 16.3 Å². The van der Waals surface area contributed by atoms with Gasteiger partial charge in [0.1, 0.15) is 28.1 Å². The molecule has 16 heteroatoms. The lowest BCUT2D eigenvalue weighted by Gasteiger charge is -2.24. The molecule has 222 valence electrons. The summed E-state index contributed by atoms with van der Waals surface area (Å²) in [5.74, 6) is -3.40. The molecule has 4 aromatic rings. The van der Waals surface area contributed by atoms with Crippen molar-refractivity contribution in [3.63, 3.8) is 0 Å². The molecule has 1 amide bonds. The lowest BCUT2D eigenvalue weighted by molar-refractivity contribution is -0.126. The number of benzene rings is 1. The number of nitrogens with zero attached hydrogens (tertiary/aromatic N) is 3. The van der Waals surface area contributed by atoms with Crippen LogP contribution in [-0.4, -0.2) is 47.3 Å². The van der Waals surface area contributed by atoms with Gasteiger partial charge in [0.15, 0.2) is 0 Å². The number of amides is 1. The minimum atomic E-state index is -6.13. The average Bonchev–Trinajstić information content (AvgIpc) is 3.54. The Balaban J connectivity index is 1.81. The van der Waals surface area contributed by atoms with E-state index in [0.29, 0.717) is 29.6 Å². The molecule has 3 aromatic heterocycles. The topological polar surface area (TPSA) is 98.7 Å². The van der Waals surface area contributed by atoms with Gasteiger partial charge in [0.25, 0.3) is 0 Å². The van der Waals surface area contributed by atoms with Gasteiger partial charge in [-0.2, -0.15) is 21.6 Å². The second kappa shape index (κ2) is 10.9. The molecule has 0 bridgehead atoms. The zero-order valence-corrected chi connectivity index (χ0v) is 24.2. The third-order valence-corrected chi connectivity index (χ3v) is 9.06. The van der Waals surface area contributed by atoms with Gasteiger partial charge in [0, 0.05) is 35.5 Å². The molecule has 1 aromatic carbocycles. The summed E-state index contributed by atoms with van der Waals surface area (Å²) in [5, 5.41) is 1.37. The average molecular weight is 646 g/mol. The molecule has 0 N–H and O–H groups in total. The molecule has 0 saturated carbocycles. The number of hydrogen-bond donors (Lipinski definition) is 0. The van der Waals surface area contributed by atoms with E-state index in [9.17, 15) is 30.8 Å². The summed E-state index contributed by atoms with van der Waals surface area (Å²) in [7, 11) is -6.13. The number of carbonyl (C=O) groups is 1. The lowest BCUT2D eigenvalue weighted by atomic mass is 10.0. The Morgan fingerprint density at radius 1 is 1.19 bits per heavy atom. The van der Waals surface area contributed by atoms with Crippen molar-refractivity contribution in [1.82, 2.24) is 14.9 Å². The molecule has 0 spiro atoms. The maximum Gasteiger partial charge on any atom is 0.534 e. The van der Waals surface area contributed by atoms with E-state index in [0.717, 1.165) is 34.8 Å². The maximum atomic E-state index is 15.6. The number of halogens is 5. The number of fused-ring (bicyclic) bond motifs is 2. The van der Waals surface area contributed by atoms with Crippen molar-refractivity contribution in [2.45, 2.75) is 38.4 Å². The van der Waals surface area contributed by atoms with E-state index in [1.54, 1.807) is 13.8 Å². The SMILES string of the molecule is C=CC(=O)N1CCc2nc(-c3nc(OS(=O)(=O)C(F)(F)F)c4ccsc4c3-c3c(F)cc(F)cc3OC(C)C)sc2C1. The highest BCUT2D eigenvalue weighted by molar-refractivity contribution is 7.88. The summed E-state index contributed by atoms with van der Waals surface area (Å²) in [5.41, 5.74) is -5.64. The van der Waals surface area contributed by atoms with Gasteiger partial charge in [-0.05, 0) is 31.4 Å². The van der Waals surface area contributed by atoms with E-state index in [4.69, 9.17) is 4.74 Å². The molecule has 4 heterocycles. The highest BCUT2D eigenvalue weighted by atomic mass is 32.2. The molecule has 0 fully saturated rings. The minimum absolute atomic E-state index is 0.00460. The standard InChI is InChI=1S/C26H20F5N3O5S3/c1-4-19(35)34-7-5-16-18(11-34)41-25(32-16)22-21(20-15(28)9-13(27)10-17(20)38-12(2)3)23-14(6-8-40-23)24(33-22)39-42(36,37)26(29,30)31/h4,6,8-10,12H,1,5,7,11H2,2-3H3. The zero-order valence-electron chi connectivity index (χ0n) is 21.8. The van der Waals surface area contributed by atoms with Crippen LogP contribution < -0.4 is 8.92 Å². The first-order valence-corrected chi connectivity index (χ1v) is 15.3. The van der Waals surface area contributed by atoms with E-state index < -0.39 is 39.2 Å². The molecule has 0 saturated heterocycles. The van der Waals surface area contributed by atoms with Crippen LogP contribution in [0.15, 0.2) is 36.2 Å². The predicted octanol–water partition coefficient (Wildman–Crippen LogP) is 6.45. The Labute approximate surface area is 244 Å². The maximum absolute atomic E-state index is 15.6. The number of thiazole rings is 1. The van der Waals surface area contributed by atoms with Crippen molar-refractivity contribution in [2.75, 3.05) is 6.54 Å². The molecular weight excluding hydrogens is 625 g/mol. The fraction of sp³-hybridized carbons (Fsp3) is 0.269. The van der Waals surface area contributed by atoms with Gasteiger partial charge in [0.2, 0.25) is 11.8 Å². The Morgan fingerprint density at radius 2 is 1.93 bits per heavy atom. The van der Waals surface area contributed by atoms with Crippen molar-refractivity contribution in [1.29, 1.82) is 0 Å². The molecule has 1 aliphatic rings. The first-order valence-electron chi connectivity index (χ1n) is 12.2. The lowest BCUT2D eigenvalue weighted by Crippen LogP contribution is -2.34. The zero-order chi connectivity index (χ0) is 30.6. The highest BCUT2D eigenvalue weighted by Crippen LogP contribution is 2.48. The van der Waals surface area contributed by atoms with Gasteiger partial charge < -0.3 is 13.8 Å². The van der Waals surface area contributed by atoms with Crippen molar-refractivity contribution in [2.24, 2.45) is 0 Å². The van der Waals surface area contributed by atoms with Crippen molar-refractivity contribution in [3.05, 3.63) is 58.4 Å². The van der Waals surface area contributed by atoms with Crippen LogP contribution in [0.5, 0.6) is 11.6 Å². The Bertz CT molecular complexity index is 1830. The third-order valence-electron chi connectivity index (χ3n) is 6.10. The Kier molecular flexibility index (Phi) is 7.74. The normalized spacial score (nSPS) is 13.9. The van der Waals surface area contributed by atoms with Crippen LogP contribution in [-0.2, 0) is 27.9 Å². The van der Waals surface area contributed by atoms with Gasteiger partial charge in [-0.25, -0.2) is 18.7 Å². The van der Waals surface area contributed by atoms with E-state index in [1.807, 2.05) is 0 Å². The number of thiophene rings is 1. The number of alkyl halides is 3. The smallest absolute Gasteiger partial charge is 0.490 e. The monoisotopic (exact) mass is 645 g/mol. The van der Waals surface area contributed by atoms with Crippen LogP contribution in [0.4, 0.5) is 22.0 Å². The molecule has 0 aliphatic carbocycles. The molecule has 0 atom stereocenters. The summed E-state index contributed by atoms with van der Waals surface area (Å²) in [4.78, 5) is 23.1. The summed E-state index contributed by atoms with van der Waals surface area (Å²) in [6.07, 6.45) is 0.969. The van der Waals surface area contributed by atoms with Gasteiger partial charge in [-0.15, -0.1) is 22.7 Å². The highest BCUT2D eigenvalue weighted by Gasteiger charge is 2.49. The molecule has 5 rings (SSSR count). The van der Waals surface area contributed by atoms with Crippen LogP contribution in [0.1, 0.15) is 24.4 Å². The van der Waals surface area contributed by atoms with Crippen molar-refractivity contribution in [3.8, 4) is 33.5 Å². The van der Waals surface area contributed by atoms with Gasteiger partial charge in [-0.3, -0.25) is 4.79 Å². The van der Waals surface area contributed by atoms with E-state index in [2.05, 4.69) is 20.7 Å². The van der Waals surface area contributed by atoms with Gasteiger partial charge in [0.05, 0.1) is 34.0 Å². The fourth-order valence-corrected chi connectivity index (χ4v) is 6.84. The van der Waals surface area contributed by atoms with Gasteiger partial charge in [-0.1, -0.05) is 6.58 Å². The third kappa shape index (κ3) is 5.45. The second-order valence-electron chi connectivity index (χ2n) is 9.32. The first-order chi connectivity index (χ1) is 19.7. The fourth-order valence-electron chi connectivity index (χ4n) is 4.35. The molecule has 0 unspecified atom stereocenters. The van der Waals surface area contributed by atoms with Crippen molar-refractivity contribution < 1.29 is 44.1 Å². The number of pyridine rings is 1. The quantitative estimate of drug-likeness (QED) is 0.0986. The number of hydrogen-bond acceptors (Lipinski definition) is 9. The molecule has 0 radical (unpaired) electrons. The minimum Gasteiger partial charge on any atom is -0.490 e. The van der Waals surface area contributed by atoms with Crippen LogP contribution in [0, 0.1) is 11.6 Å². The molecule has 1 aliphatic heterocycles. The number of rotatable bonds is 7. The summed E-state index contributed by atoms with van der Waals surface area (Å²) >= 11 is 1.99. The van der Waals surface area contributed by atoms with Crippen LogP contribution in [0.3, 0.4) is 0 Å². The van der Waals surface area contributed by atoms with Crippen LogP contribution in [0.2, 0.25) is 0 Å². The molecule has 8 nitrogen and oxygen atoms in total. The van der Waals surface area contributed by atoms with E-state index >= 15 is 4.39 Å². The summed E-state index contributed by atoms with van der Waals surface area (Å²) < 4.78 is 104. The molecule has 42 heavy (non-hydrogen) atoms. The van der Waals surface area contributed by atoms with Gasteiger partial charge >= 0.3 is 15.6 Å². The number of carbonyl (C=O) groups excluding carboxylic acids is 1. The Hall–Kier alpha value is -3.63. The van der Waals surface area contributed by atoms with Crippen LogP contribution >= 0.6 is 22.7 Å². The second-order valence-corrected chi connectivity index (χ2v) is 12.9. The van der Waals surface area contributed by atoms with E-state index in [-0.39, 0.29) is 50.1 Å². The predicted molar refractivity (Wildman–Crippen MR) is 147 cm³/mol. The number of ether oxygens (including phenoxy) is 1.